The van der Waals surface area contributed by atoms with Crippen LogP contribution in [-0.2, 0) is 4.79 Å². The molecular formula is C27H31N3O2. The standard InChI is InChI=1S/C27H31N3O2/c1-20-14-16-22(17-15-20)25(30(2)3)19-28-26(31)18-24(21-10-6-4-7-11-21)29-27(32)23-12-8-5-9-13-23/h4-17,24-25H,18-19H2,1-3H3,(H,28,31)(H,29,32)/t24-,25+/m0/s1. The minimum Gasteiger partial charge on any atom is -0.354 e. The first-order chi connectivity index (χ1) is 15.4. The van der Waals surface area contributed by atoms with E-state index in [1.807, 2.05) is 62.6 Å². The molecule has 166 valence electrons. The van der Waals surface area contributed by atoms with Crippen LogP contribution in [0.5, 0.6) is 0 Å². The SMILES string of the molecule is Cc1ccc([C@@H](CNC(=O)C[C@H](NC(=O)c2ccccc2)c2ccccc2)N(C)C)cc1. The van der Waals surface area contributed by atoms with Crippen LogP contribution in [0, 0.1) is 6.92 Å². The van der Waals surface area contributed by atoms with Crippen LogP contribution in [0.25, 0.3) is 0 Å². The lowest BCUT2D eigenvalue weighted by molar-refractivity contribution is -0.121. The maximum atomic E-state index is 12.9. The Hall–Kier alpha value is -3.44. The first-order valence-electron chi connectivity index (χ1n) is 10.8. The van der Waals surface area contributed by atoms with Gasteiger partial charge in [0.25, 0.3) is 5.91 Å². The maximum absolute atomic E-state index is 12.9. The van der Waals surface area contributed by atoms with Crippen molar-refractivity contribution >= 4 is 11.8 Å². The predicted octanol–water partition coefficient (Wildman–Crippen LogP) is 4.28. The molecule has 2 atom stereocenters. The van der Waals surface area contributed by atoms with E-state index in [0.29, 0.717) is 12.1 Å². The van der Waals surface area contributed by atoms with Crippen LogP contribution < -0.4 is 10.6 Å². The number of rotatable bonds is 9. The summed E-state index contributed by atoms with van der Waals surface area (Å²) in [5.74, 6) is -0.302. The van der Waals surface area contributed by atoms with E-state index < -0.39 is 6.04 Å². The Morgan fingerprint density at radius 2 is 1.41 bits per heavy atom. The molecule has 0 saturated carbocycles. The van der Waals surface area contributed by atoms with Gasteiger partial charge in [0.2, 0.25) is 5.91 Å². The molecule has 3 rings (SSSR count). The van der Waals surface area contributed by atoms with Gasteiger partial charge in [-0.15, -0.1) is 0 Å². The molecule has 3 aromatic carbocycles. The van der Waals surface area contributed by atoms with E-state index in [9.17, 15) is 9.59 Å². The van der Waals surface area contributed by atoms with Gasteiger partial charge in [0.1, 0.15) is 0 Å². The van der Waals surface area contributed by atoms with Gasteiger partial charge in [-0.05, 0) is 44.3 Å². The fraction of sp³-hybridized carbons (Fsp3) is 0.259. The van der Waals surface area contributed by atoms with Gasteiger partial charge in [-0.2, -0.15) is 0 Å². The van der Waals surface area contributed by atoms with Gasteiger partial charge in [0, 0.05) is 12.1 Å². The monoisotopic (exact) mass is 429 g/mol. The number of nitrogens with one attached hydrogen (secondary N) is 2. The molecule has 0 unspecified atom stereocenters. The molecule has 0 aliphatic carbocycles. The summed E-state index contributed by atoms with van der Waals surface area (Å²) in [5.41, 5.74) is 3.82. The molecule has 5 heteroatoms. The number of carbonyl (C=O) groups excluding carboxylic acids is 2. The molecule has 0 heterocycles. The zero-order chi connectivity index (χ0) is 22.9. The Bertz CT molecular complexity index is 1000. The highest BCUT2D eigenvalue weighted by atomic mass is 16.2. The van der Waals surface area contributed by atoms with E-state index in [4.69, 9.17) is 0 Å². The van der Waals surface area contributed by atoms with Gasteiger partial charge in [-0.25, -0.2) is 0 Å². The zero-order valence-electron chi connectivity index (χ0n) is 18.9. The minimum atomic E-state index is -0.416. The quantitative estimate of drug-likeness (QED) is 0.534. The summed E-state index contributed by atoms with van der Waals surface area (Å²) >= 11 is 0. The van der Waals surface area contributed by atoms with Gasteiger partial charge >= 0.3 is 0 Å². The molecule has 0 radical (unpaired) electrons. The molecule has 0 bridgehead atoms. The highest BCUT2D eigenvalue weighted by Gasteiger charge is 2.21. The summed E-state index contributed by atoms with van der Waals surface area (Å²) in [6.07, 6.45) is 0.163. The van der Waals surface area contributed by atoms with Crippen molar-refractivity contribution in [1.29, 1.82) is 0 Å². The number of hydrogen-bond acceptors (Lipinski definition) is 3. The first-order valence-corrected chi connectivity index (χ1v) is 10.8. The molecule has 0 fully saturated rings. The van der Waals surface area contributed by atoms with Gasteiger partial charge < -0.3 is 15.5 Å². The van der Waals surface area contributed by atoms with E-state index in [1.165, 1.54) is 5.56 Å². The molecule has 5 nitrogen and oxygen atoms in total. The second kappa shape index (κ2) is 11.3. The van der Waals surface area contributed by atoms with Crippen LogP contribution in [0.1, 0.15) is 45.6 Å². The van der Waals surface area contributed by atoms with Crippen molar-refractivity contribution in [3.8, 4) is 0 Å². The minimum absolute atomic E-state index is 0.0636. The fourth-order valence-corrected chi connectivity index (χ4v) is 3.62. The third-order valence-electron chi connectivity index (χ3n) is 5.51. The number of nitrogens with zero attached hydrogens (tertiary/aromatic N) is 1. The third-order valence-corrected chi connectivity index (χ3v) is 5.51. The molecule has 0 aliphatic heterocycles. The smallest absolute Gasteiger partial charge is 0.251 e. The number of likely N-dealkylation sites (N-methyl/N-ethyl adjacent to an activating group) is 1. The highest BCUT2D eigenvalue weighted by Crippen LogP contribution is 2.20. The molecule has 0 aliphatic rings. The second-order valence-corrected chi connectivity index (χ2v) is 8.20. The van der Waals surface area contributed by atoms with Crippen LogP contribution in [0.3, 0.4) is 0 Å². The van der Waals surface area contributed by atoms with Gasteiger partial charge in [-0.1, -0.05) is 78.4 Å². The van der Waals surface area contributed by atoms with Crippen molar-refractivity contribution < 1.29 is 9.59 Å². The molecule has 32 heavy (non-hydrogen) atoms. The van der Waals surface area contributed by atoms with Gasteiger partial charge in [0.15, 0.2) is 0 Å². The number of amides is 2. The molecule has 2 N–H and O–H groups in total. The summed E-state index contributed by atoms with van der Waals surface area (Å²) in [5, 5.41) is 6.08. The van der Waals surface area contributed by atoms with E-state index >= 15 is 0 Å². The normalized spacial score (nSPS) is 12.8. The summed E-state index contributed by atoms with van der Waals surface area (Å²) in [7, 11) is 4.01. The number of hydrogen-bond donors (Lipinski definition) is 2. The van der Waals surface area contributed by atoms with Crippen LogP contribution >= 0.6 is 0 Å². The van der Waals surface area contributed by atoms with Gasteiger partial charge in [0.05, 0.1) is 18.5 Å². The van der Waals surface area contributed by atoms with Crippen molar-refractivity contribution in [3.63, 3.8) is 0 Å². The summed E-state index contributed by atoms with van der Waals surface area (Å²) in [6.45, 7) is 2.55. The largest absolute Gasteiger partial charge is 0.354 e. The second-order valence-electron chi connectivity index (χ2n) is 8.20. The predicted molar refractivity (Wildman–Crippen MR) is 128 cm³/mol. The number of carbonyl (C=O) groups is 2. The Morgan fingerprint density at radius 3 is 2.00 bits per heavy atom. The van der Waals surface area contributed by atoms with Crippen LogP contribution in [0.4, 0.5) is 0 Å². The summed E-state index contributed by atoms with van der Waals surface area (Å²) in [6, 6.07) is 26.7. The topological polar surface area (TPSA) is 61.4 Å². The molecule has 0 saturated heterocycles. The van der Waals surface area contributed by atoms with Crippen LogP contribution in [0.2, 0.25) is 0 Å². The zero-order valence-corrected chi connectivity index (χ0v) is 18.9. The summed E-state index contributed by atoms with van der Waals surface area (Å²) in [4.78, 5) is 27.7. The maximum Gasteiger partial charge on any atom is 0.251 e. The van der Waals surface area contributed by atoms with Crippen molar-refractivity contribution in [1.82, 2.24) is 15.5 Å². The Morgan fingerprint density at radius 1 is 0.812 bits per heavy atom. The van der Waals surface area contributed by atoms with E-state index in [-0.39, 0.29) is 24.3 Å². The lowest BCUT2D eigenvalue weighted by Gasteiger charge is -2.26. The van der Waals surface area contributed by atoms with Gasteiger partial charge in [-0.3, -0.25) is 9.59 Å². The van der Waals surface area contributed by atoms with Crippen molar-refractivity contribution in [2.24, 2.45) is 0 Å². The fourth-order valence-electron chi connectivity index (χ4n) is 3.62. The molecule has 2 amide bonds. The van der Waals surface area contributed by atoms with E-state index in [2.05, 4.69) is 46.7 Å². The van der Waals surface area contributed by atoms with Crippen molar-refractivity contribution in [2.75, 3.05) is 20.6 Å². The Balaban J connectivity index is 1.67. The average Bonchev–Trinajstić information content (AvgIpc) is 2.81. The van der Waals surface area contributed by atoms with Crippen molar-refractivity contribution in [2.45, 2.75) is 25.4 Å². The molecule has 0 aromatic heterocycles. The van der Waals surface area contributed by atoms with Crippen LogP contribution in [-0.4, -0.2) is 37.4 Å². The van der Waals surface area contributed by atoms with E-state index in [0.717, 1.165) is 11.1 Å². The summed E-state index contributed by atoms with van der Waals surface area (Å²) < 4.78 is 0. The molecule has 0 spiro atoms. The number of benzene rings is 3. The number of aryl methyl sites for hydroxylation is 1. The first kappa shape index (κ1) is 23.2. The lowest BCUT2D eigenvalue weighted by Crippen LogP contribution is -2.37. The lowest BCUT2D eigenvalue weighted by atomic mass is 10.0. The Kier molecular flexibility index (Phi) is 8.17. The van der Waals surface area contributed by atoms with Crippen molar-refractivity contribution in [3.05, 3.63) is 107 Å². The Labute approximate surface area is 190 Å². The highest BCUT2D eigenvalue weighted by molar-refractivity contribution is 5.94. The van der Waals surface area contributed by atoms with E-state index in [1.54, 1.807) is 12.1 Å². The average molecular weight is 430 g/mol. The molecular weight excluding hydrogens is 398 g/mol. The van der Waals surface area contributed by atoms with Crippen LogP contribution in [0.15, 0.2) is 84.9 Å². The molecule has 3 aromatic rings. The third kappa shape index (κ3) is 6.53.